The zero-order chi connectivity index (χ0) is 15.7. The van der Waals surface area contributed by atoms with Crippen LogP contribution in [0, 0.1) is 0 Å². The summed E-state index contributed by atoms with van der Waals surface area (Å²) in [5, 5.41) is 0.276. The number of halogens is 1. The van der Waals surface area contributed by atoms with Gasteiger partial charge in [0.25, 0.3) is 0 Å². The minimum absolute atomic E-state index is 0.150. The third kappa shape index (κ3) is 2.57. The van der Waals surface area contributed by atoms with E-state index in [-0.39, 0.29) is 17.2 Å². The molecule has 2 heterocycles. The minimum Gasteiger partial charge on any atom is -0.486 e. The lowest BCUT2D eigenvalue weighted by Crippen LogP contribution is -2.19. The number of nitrogens with two attached hydrogens (primary N) is 2. The summed E-state index contributed by atoms with van der Waals surface area (Å²) in [7, 11) is 0. The summed E-state index contributed by atoms with van der Waals surface area (Å²) in [4.78, 5) is 15.4. The normalized spacial score (nSPS) is 12.2. The number of nitrogen functional groups attached to an aromatic ring is 1. The Kier molecular flexibility index (Phi) is 3.61. The largest absolute Gasteiger partial charge is 0.486 e. The second kappa shape index (κ2) is 5.58. The quantitative estimate of drug-likeness (QED) is 0.573. The number of fused-ring (bicyclic) bond motifs is 1. The van der Waals surface area contributed by atoms with Gasteiger partial charge in [-0.2, -0.15) is 0 Å². The smallest absolute Gasteiger partial charge is 0.250 e. The molecule has 9 heteroatoms. The lowest BCUT2D eigenvalue weighted by atomic mass is 10.1. The van der Waals surface area contributed by atoms with Crippen molar-refractivity contribution in [1.82, 2.24) is 10.5 Å². The molecule has 2 aromatic rings. The van der Waals surface area contributed by atoms with Crippen LogP contribution in [-0.2, 0) is 6.61 Å². The molecule has 114 valence electrons. The fourth-order valence-electron chi connectivity index (χ4n) is 2.06. The summed E-state index contributed by atoms with van der Waals surface area (Å²) in [6, 6.07) is 6.60. The van der Waals surface area contributed by atoms with Crippen LogP contribution >= 0.6 is 11.6 Å². The molecular weight excluding hydrogens is 308 g/mol. The maximum atomic E-state index is 11.3. The van der Waals surface area contributed by atoms with E-state index in [1.807, 2.05) is 0 Å². The molecule has 0 fully saturated rings. The number of aromatic nitrogens is 1. The number of nitrogens with zero attached hydrogens (tertiary/aromatic N) is 1. The number of carbonyl (C=O) groups excluding carboxylic acids is 1. The molecule has 0 bridgehead atoms. The van der Waals surface area contributed by atoms with Gasteiger partial charge in [-0.05, 0) is 6.07 Å². The molecule has 8 nitrogen and oxygen atoms in total. The Labute approximate surface area is 130 Å². The Balaban J connectivity index is 1.85. The third-order valence-electron chi connectivity index (χ3n) is 3.10. The number of ether oxygens (including phenoxy) is 1. The number of hydrogen-bond acceptors (Lipinski definition) is 7. The van der Waals surface area contributed by atoms with Crippen molar-refractivity contribution in [3.63, 3.8) is 0 Å². The molecule has 1 aliphatic heterocycles. The first-order valence-electron chi connectivity index (χ1n) is 6.34. The van der Waals surface area contributed by atoms with Gasteiger partial charge in [0, 0.05) is 11.6 Å². The molecule has 7 N–H and O–H groups in total. The van der Waals surface area contributed by atoms with Crippen LogP contribution in [-0.4, -0.2) is 10.9 Å². The molecule has 0 aliphatic carbocycles. The summed E-state index contributed by atoms with van der Waals surface area (Å²) in [6.07, 6.45) is 0. The van der Waals surface area contributed by atoms with Gasteiger partial charge in [0.2, 0.25) is 5.91 Å². The molecule has 0 saturated heterocycles. The zero-order valence-corrected chi connectivity index (χ0v) is 12.1. The van der Waals surface area contributed by atoms with Gasteiger partial charge >= 0.3 is 0 Å². The SMILES string of the molecule is NC(=O)c1cccc(COc2cc(N)nc3c2NNN3)c1Cl. The standard InChI is InChI=1S/C13H13ClN6O2/c14-10-6(2-1-3-7(10)12(16)21)5-22-8-4-9(15)17-13-11(8)18-20-19-13/h1-4,18,20H,5H2,(H2,16,21)(H3,15,17,19). The Morgan fingerprint density at radius 2 is 2.18 bits per heavy atom. The molecule has 1 aromatic carbocycles. The van der Waals surface area contributed by atoms with Crippen LogP contribution in [0.1, 0.15) is 15.9 Å². The number of hydrogen-bond donors (Lipinski definition) is 5. The van der Waals surface area contributed by atoms with E-state index in [9.17, 15) is 4.79 Å². The molecule has 22 heavy (non-hydrogen) atoms. The molecule has 0 radical (unpaired) electrons. The monoisotopic (exact) mass is 320 g/mol. The van der Waals surface area contributed by atoms with Crippen LogP contribution in [0.5, 0.6) is 5.75 Å². The van der Waals surface area contributed by atoms with Gasteiger partial charge in [0.05, 0.1) is 10.6 Å². The summed E-state index contributed by atoms with van der Waals surface area (Å²) in [5.41, 5.74) is 20.9. The van der Waals surface area contributed by atoms with Gasteiger partial charge in [-0.1, -0.05) is 23.7 Å². The van der Waals surface area contributed by atoms with Crippen LogP contribution in [0.15, 0.2) is 24.3 Å². The average molecular weight is 321 g/mol. The number of benzene rings is 1. The van der Waals surface area contributed by atoms with Crippen molar-refractivity contribution < 1.29 is 9.53 Å². The zero-order valence-electron chi connectivity index (χ0n) is 11.3. The predicted molar refractivity (Wildman–Crippen MR) is 83.3 cm³/mol. The van der Waals surface area contributed by atoms with E-state index in [0.717, 1.165) is 0 Å². The predicted octanol–water partition coefficient (Wildman–Crippen LogP) is 1.25. The van der Waals surface area contributed by atoms with Crippen LogP contribution in [0.2, 0.25) is 5.02 Å². The van der Waals surface area contributed by atoms with Gasteiger partial charge in [-0.15, -0.1) is 5.53 Å². The highest BCUT2D eigenvalue weighted by molar-refractivity contribution is 6.34. The number of anilines is 3. The maximum Gasteiger partial charge on any atom is 0.250 e. The second-order valence-electron chi connectivity index (χ2n) is 4.58. The van der Waals surface area contributed by atoms with Crippen molar-refractivity contribution in [3.05, 3.63) is 40.4 Å². The number of hydrazine groups is 2. The fraction of sp³-hybridized carbons (Fsp3) is 0.0769. The van der Waals surface area contributed by atoms with Gasteiger partial charge < -0.3 is 16.2 Å². The lowest BCUT2D eigenvalue weighted by Gasteiger charge is -2.12. The number of amides is 1. The lowest BCUT2D eigenvalue weighted by molar-refractivity contribution is 0.100. The van der Waals surface area contributed by atoms with Crippen LogP contribution in [0.25, 0.3) is 0 Å². The number of primary amides is 1. The van der Waals surface area contributed by atoms with E-state index in [1.165, 1.54) is 0 Å². The van der Waals surface area contributed by atoms with E-state index in [1.54, 1.807) is 24.3 Å². The third-order valence-corrected chi connectivity index (χ3v) is 3.55. The highest BCUT2D eigenvalue weighted by Gasteiger charge is 2.18. The summed E-state index contributed by atoms with van der Waals surface area (Å²) >= 11 is 6.16. The van der Waals surface area contributed by atoms with Crippen LogP contribution in [0.3, 0.4) is 0 Å². The molecule has 1 aromatic heterocycles. The van der Waals surface area contributed by atoms with Crippen LogP contribution < -0.4 is 32.6 Å². The second-order valence-corrected chi connectivity index (χ2v) is 4.95. The topological polar surface area (TPSA) is 127 Å². The Bertz CT molecular complexity index is 752. The summed E-state index contributed by atoms with van der Waals surface area (Å²) in [5.74, 6) is 0.757. The maximum absolute atomic E-state index is 11.3. The molecule has 3 rings (SSSR count). The summed E-state index contributed by atoms with van der Waals surface area (Å²) in [6.45, 7) is 0.150. The number of pyridine rings is 1. The van der Waals surface area contributed by atoms with Crippen molar-refractivity contribution >= 4 is 34.8 Å². The molecule has 0 saturated carbocycles. The fourth-order valence-corrected chi connectivity index (χ4v) is 2.33. The van der Waals surface area contributed by atoms with E-state index >= 15 is 0 Å². The van der Waals surface area contributed by atoms with Gasteiger partial charge in [-0.3, -0.25) is 15.6 Å². The highest BCUT2D eigenvalue weighted by atomic mass is 35.5. The van der Waals surface area contributed by atoms with E-state index < -0.39 is 5.91 Å². The summed E-state index contributed by atoms with van der Waals surface area (Å²) < 4.78 is 5.73. The first kappa shape index (κ1) is 14.2. The van der Waals surface area contributed by atoms with E-state index in [4.69, 9.17) is 27.8 Å². The first-order chi connectivity index (χ1) is 10.6. The molecule has 1 amide bonds. The van der Waals surface area contributed by atoms with Gasteiger partial charge in [-0.25, -0.2) is 4.98 Å². The molecule has 0 atom stereocenters. The highest BCUT2D eigenvalue weighted by Crippen LogP contribution is 2.35. The van der Waals surface area contributed by atoms with Crippen LogP contribution in [0.4, 0.5) is 17.3 Å². The van der Waals surface area contributed by atoms with E-state index in [2.05, 4.69) is 21.4 Å². The Morgan fingerprint density at radius 3 is 2.95 bits per heavy atom. The molecule has 0 unspecified atom stereocenters. The van der Waals surface area contributed by atoms with E-state index in [0.29, 0.717) is 28.6 Å². The van der Waals surface area contributed by atoms with Gasteiger partial charge in [0.15, 0.2) is 11.6 Å². The van der Waals surface area contributed by atoms with Crippen molar-refractivity contribution in [2.24, 2.45) is 5.73 Å². The molecule has 0 spiro atoms. The minimum atomic E-state index is -0.587. The van der Waals surface area contributed by atoms with Crippen molar-refractivity contribution in [2.45, 2.75) is 6.61 Å². The van der Waals surface area contributed by atoms with Crippen molar-refractivity contribution in [3.8, 4) is 5.75 Å². The number of nitrogens with one attached hydrogen (secondary N) is 3. The molecule has 1 aliphatic rings. The number of carbonyl (C=O) groups is 1. The first-order valence-corrected chi connectivity index (χ1v) is 6.71. The number of rotatable bonds is 4. The Morgan fingerprint density at radius 1 is 1.36 bits per heavy atom. The van der Waals surface area contributed by atoms with Crippen molar-refractivity contribution in [1.29, 1.82) is 0 Å². The average Bonchev–Trinajstić information content (AvgIpc) is 2.93. The molecular formula is C13H13ClN6O2. The van der Waals surface area contributed by atoms with Crippen molar-refractivity contribution in [2.75, 3.05) is 16.6 Å². The van der Waals surface area contributed by atoms with Gasteiger partial charge in [0.1, 0.15) is 18.1 Å². The Hall–Kier alpha value is -2.71.